The van der Waals surface area contributed by atoms with Gasteiger partial charge < -0.3 is 5.32 Å². The minimum atomic E-state index is -2.68. The number of alkyl halides is 2. The van der Waals surface area contributed by atoms with Crippen LogP contribution in [0.4, 0.5) is 14.5 Å². The van der Waals surface area contributed by atoms with E-state index >= 15 is 0 Å². The Kier molecular flexibility index (Phi) is 4.95. The van der Waals surface area contributed by atoms with Crippen molar-refractivity contribution >= 4 is 27.5 Å². The maximum absolute atomic E-state index is 12.8. The third-order valence-corrected chi connectivity index (χ3v) is 4.31. The van der Waals surface area contributed by atoms with Gasteiger partial charge in [-0.15, -0.1) is 0 Å². The summed E-state index contributed by atoms with van der Waals surface area (Å²) in [6, 6.07) is 5.73. The van der Waals surface area contributed by atoms with Crippen LogP contribution in [0, 0.1) is 20.8 Å². The second kappa shape index (κ2) is 6.56. The zero-order chi connectivity index (χ0) is 16.4. The summed E-state index contributed by atoms with van der Waals surface area (Å²) in [7, 11) is 0. The third kappa shape index (κ3) is 3.52. The fraction of sp³-hybridized carbons (Fsp3) is 0.333. The Hall–Kier alpha value is -1.76. The average Bonchev–Trinajstić information content (AvgIpc) is 2.71. The highest BCUT2D eigenvalue weighted by Crippen LogP contribution is 2.29. The van der Waals surface area contributed by atoms with Crippen LogP contribution in [0.5, 0.6) is 0 Å². The van der Waals surface area contributed by atoms with E-state index in [4.69, 9.17) is 0 Å². The Balaban J connectivity index is 2.16. The topological polar surface area (TPSA) is 46.9 Å². The predicted molar refractivity (Wildman–Crippen MR) is 84.2 cm³/mol. The highest BCUT2D eigenvalue weighted by molar-refractivity contribution is 9.10. The van der Waals surface area contributed by atoms with Gasteiger partial charge in [-0.25, -0.2) is 8.78 Å². The molecule has 0 aliphatic heterocycles. The van der Waals surface area contributed by atoms with Gasteiger partial charge in [0.25, 0.3) is 6.43 Å². The second-order valence-corrected chi connectivity index (χ2v) is 5.90. The molecular formula is C15H16BrF2N3O. The summed E-state index contributed by atoms with van der Waals surface area (Å²) >= 11 is 3.08. The van der Waals surface area contributed by atoms with Gasteiger partial charge in [-0.05, 0) is 53.9 Å². The molecule has 0 atom stereocenters. The SMILES string of the molecule is Cc1ccc(C)c(NC(=O)Cn2nc(C(F)F)c(Br)c2C)c1. The van der Waals surface area contributed by atoms with Gasteiger partial charge >= 0.3 is 0 Å². The van der Waals surface area contributed by atoms with E-state index in [1.54, 1.807) is 6.92 Å². The van der Waals surface area contributed by atoms with Crippen LogP contribution in [-0.2, 0) is 11.3 Å². The molecule has 1 N–H and O–H groups in total. The smallest absolute Gasteiger partial charge is 0.283 e. The number of aryl methyl sites for hydroxylation is 2. The van der Waals surface area contributed by atoms with E-state index in [0.29, 0.717) is 11.4 Å². The summed E-state index contributed by atoms with van der Waals surface area (Å²) in [5.41, 5.74) is 2.82. The average molecular weight is 372 g/mol. The van der Waals surface area contributed by atoms with Crippen molar-refractivity contribution < 1.29 is 13.6 Å². The van der Waals surface area contributed by atoms with Crippen LogP contribution in [0.3, 0.4) is 0 Å². The van der Waals surface area contributed by atoms with E-state index in [2.05, 4.69) is 26.3 Å². The predicted octanol–water partition coefficient (Wildman–Crippen LogP) is 4.15. The number of rotatable bonds is 4. The molecule has 0 aliphatic carbocycles. The van der Waals surface area contributed by atoms with Gasteiger partial charge in [0.2, 0.25) is 5.91 Å². The first kappa shape index (κ1) is 16.6. The monoisotopic (exact) mass is 371 g/mol. The van der Waals surface area contributed by atoms with Crippen LogP contribution in [-0.4, -0.2) is 15.7 Å². The number of hydrogen-bond donors (Lipinski definition) is 1. The van der Waals surface area contributed by atoms with Crippen LogP contribution in [0.2, 0.25) is 0 Å². The molecule has 1 heterocycles. The maximum Gasteiger partial charge on any atom is 0.283 e. The van der Waals surface area contributed by atoms with Crippen molar-refractivity contribution in [1.29, 1.82) is 0 Å². The molecule has 0 saturated carbocycles. The quantitative estimate of drug-likeness (QED) is 0.877. The van der Waals surface area contributed by atoms with E-state index in [1.165, 1.54) is 4.68 Å². The minimum Gasteiger partial charge on any atom is -0.324 e. The van der Waals surface area contributed by atoms with Crippen LogP contribution in [0.1, 0.15) is 28.9 Å². The van der Waals surface area contributed by atoms with Gasteiger partial charge in [0, 0.05) is 5.69 Å². The molecule has 0 bridgehead atoms. The molecule has 2 rings (SSSR count). The first-order valence-corrected chi connectivity index (χ1v) is 7.47. The molecule has 2 aromatic rings. The van der Waals surface area contributed by atoms with Crippen molar-refractivity contribution in [2.75, 3.05) is 5.32 Å². The highest BCUT2D eigenvalue weighted by atomic mass is 79.9. The molecule has 7 heteroatoms. The molecule has 0 fully saturated rings. The van der Waals surface area contributed by atoms with E-state index in [-0.39, 0.29) is 22.6 Å². The van der Waals surface area contributed by atoms with E-state index in [1.807, 2.05) is 32.0 Å². The Morgan fingerprint density at radius 2 is 2.05 bits per heavy atom. The molecule has 0 aliphatic rings. The zero-order valence-electron chi connectivity index (χ0n) is 12.5. The van der Waals surface area contributed by atoms with Gasteiger partial charge in [-0.2, -0.15) is 5.10 Å². The van der Waals surface area contributed by atoms with Gasteiger partial charge in [0.1, 0.15) is 12.2 Å². The van der Waals surface area contributed by atoms with E-state index in [9.17, 15) is 13.6 Å². The Labute approximate surface area is 135 Å². The summed E-state index contributed by atoms with van der Waals surface area (Å²) < 4.78 is 27.1. The molecule has 4 nitrogen and oxygen atoms in total. The molecule has 118 valence electrons. The number of aromatic nitrogens is 2. The maximum atomic E-state index is 12.8. The number of amides is 1. The number of hydrogen-bond acceptors (Lipinski definition) is 2. The number of carbonyl (C=O) groups is 1. The van der Waals surface area contributed by atoms with Crippen LogP contribution in [0.25, 0.3) is 0 Å². The molecule has 1 aromatic heterocycles. The molecule has 0 spiro atoms. The first-order chi connectivity index (χ1) is 10.3. The molecule has 1 aromatic carbocycles. The Morgan fingerprint density at radius 3 is 2.64 bits per heavy atom. The van der Waals surface area contributed by atoms with Crippen molar-refractivity contribution in [1.82, 2.24) is 9.78 Å². The minimum absolute atomic E-state index is 0.121. The zero-order valence-corrected chi connectivity index (χ0v) is 14.0. The third-order valence-electron chi connectivity index (χ3n) is 3.33. The van der Waals surface area contributed by atoms with Crippen molar-refractivity contribution in [2.24, 2.45) is 0 Å². The number of halogens is 3. The standard InChI is InChI=1S/C15H16BrF2N3O/c1-8-4-5-9(2)11(6-8)19-12(22)7-21-10(3)13(16)14(20-21)15(17)18/h4-6,15H,7H2,1-3H3,(H,19,22). The molecule has 0 saturated heterocycles. The molecule has 22 heavy (non-hydrogen) atoms. The van der Waals surface area contributed by atoms with Crippen LogP contribution in [0.15, 0.2) is 22.7 Å². The van der Waals surface area contributed by atoms with Gasteiger partial charge in [-0.3, -0.25) is 9.48 Å². The first-order valence-electron chi connectivity index (χ1n) is 6.67. The van der Waals surface area contributed by atoms with Gasteiger partial charge in [0.15, 0.2) is 0 Å². The number of benzene rings is 1. The van der Waals surface area contributed by atoms with Gasteiger partial charge in [-0.1, -0.05) is 12.1 Å². The lowest BCUT2D eigenvalue weighted by molar-refractivity contribution is -0.117. The summed E-state index contributed by atoms with van der Waals surface area (Å²) in [5, 5.41) is 6.57. The van der Waals surface area contributed by atoms with Crippen molar-refractivity contribution in [3.63, 3.8) is 0 Å². The number of nitrogens with one attached hydrogen (secondary N) is 1. The fourth-order valence-corrected chi connectivity index (χ4v) is 2.49. The van der Waals surface area contributed by atoms with Crippen molar-refractivity contribution in [2.45, 2.75) is 33.7 Å². The molecule has 0 radical (unpaired) electrons. The second-order valence-electron chi connectivity index (χ2n) is 5.11. The molecule has 0 unspecified atom stereocenters. The van der Waals surface area contributed by atoms with Crippen molar-refractivity contribution in [3.8, 4) is 0 Å². The summed E-state index contributed by atoms with van der Waals surface area (Å²) in [6.07, 6.45) is -2.68. The lowest BCUT2D eigenvalue weighted by Crippen LogP contribution is -2.21. The Bertz CT molecular complexity index is 713. The van der Waals surface area contributed by atoms with Crippen LogP contribution >= 0.6 is 15.9 Å². The largest absolute Gasteiger partial charge is 0.324 e. The molecular weight excluding hydrogens is 356 g/mol. The number of nitrogens with zero attached hydrogens (tertiary/aromatic N) is 2. The summed E-state index contributed by atoms with van der Waals surface area (Å²) in [4.78, 5) is 12.1. The van der Waals surface area contributed by atoms with Crippen LogP contribution < -0.4 is 5.32 Å². The summed E-state index contributed by atoms with van der Waals surface area (Å²) in [5.74, 6) is -0.312. The Morgan fingerprint density at radius 1 is 1.36 bits per heavy atom. The number of anilines is 1. The fourth-order valence-electron chi connectivity index (χ4n) is 2.04. The lowest BCUT2D eigenvalue weighted by Gasteiger charge is -2.10. The highest BCUT2D eigenvalue weighted by Gasteiger charge is 2.21. The number of carbonyl (C=O) groups excluding carboxylic acids is 1. The normalized spacial score (nSPS) is 11.0. The van der Waals surface area contributed by atoms with Crippen molar-refractivity contribution in [3.05, 3.63) is 45.2 Å². The van der Waals surface area contributed by atoms with E-state index < -0.39 is 6.43 Å². The van der Waals surface area contributed by atoms with Gasteiger partial charge in [0.05, 0.1) is 10.2 Å². The molecule has 1 amide bonds. The van der Waals surface area contributed by atoms with E-state index in [0.717, 1.165) is 11.1 Å². The summed E-state index contributed by atoms with van der Waals surface area (Å²) in [6.45, 7) is 5.33. The lowest BCUT2D eigenvalue weighted by atomic mass is 10.1.